The summed E-state index contributed by atoms with van der Waals surface area (Å²) < 4.78 is 2.11. The van der Waals surface area contributed by atoms with E-state index in [2.05, 4.69) is 26.3 Å². The Morgan fingerprint density at radius 3 is 2.76 bits per heavy atom. The molecule has 1 aromatic carbocycles. The molecule has 1 N–H and O–H groups in total. The first-order valence-electron chi connectivity index (χ1n) is 6.67. The van der Waals surface area contributed by atoms with Gasteiger partial charge in [0.15, 0.2) is 0 Å². The number of carbonyl (C=O) groups is 1. The lowest BCUT2D eigenvalue weighted by atomic mass is 10.2. The summed E-state index contributed by atoms with van der Waals surface area (Å²) in [5, 5.41) is 6.86. The van der Waals surface area contributed by atoms with Crippen molar-refractivity contribution in [3.05, 3.63) is 56.4 Å². The Labute approximate surface area is 131 Å². The van der Waals surface area contributed by atoms with Gasteiger partial charge in [-0.2, -0.15) is 5.10 Å². The highest BCUT2D eigenvalue weighted by molar-refractivity contribution is 9.10. The molecular formula is C15H16BrN3O2. The lowest BCUT2D eigenvalue weighted by molar-refractivity contribution is 0.101. The van der Waals surface area contributed by atoms with E-state index >= 15 is 0 Å². The van der Waals surface area contributed by atoms with Gasteiger partial charge in [0.25, 0.3) is 11.5 Å². The lowest BCUT2D eigenvalue weighted by Gasteiger charge is -2.09. The van der Waals surface area contributed by atoms with E-state index in [-0.39, 0.29) is 17.2 Å². The third-order valence-corrected chi connectivity index (χ3v) is 3.56. The van der Waals surface area contributed by atoms with Crippen molar-refractivity contribution in [3.8, 4) is 0 Å². The number of benzene rings is 1. The van der Waals surface area contributed by atoms with E-state index in [1.54, 1.807) is 0 Å². The molecule has 0 aliphatic rings. The van der Waals surface area contributed by atoms with Gasteiger partial charge in [0.2, 0.25) is 0 Å². The Bertz CT molecular complexity index is 725. The topological polar surface area (TPSA) is 64.0 Å². The third-order valence-electron chi connectivity index (χ3n) is 2.91. The summed E-state index contributed by atoms with van der Waals surface area (Å²) in [4.78, 5) is 23.8. The maximum Gasteiger partial charge on any atom is 0.276 e. The largest absolute Gasteiger partial charge is 0.320 e. The number of anilines is 1. The second-order valence-corrected chi connectivity index (χ2v) is 5.57. The van der Waals surface area contributed by atoms with E-state index in [0.29, 0.717) is 12.2 Å². The smallest absolute Gasteiger partial charge is 0.276 e. The van der Waals surface area contributed by atoms with Crippen molar-refractivity contribution >= 4 is 27.5 Å². The Morgan fingerprint density at radius 1 is 1.33 bits per heavy atom. The van der Waals surface area contributed by atoms with Crippen LogP contribution < -0.4 is 10.9 Å². The number of hydrogen-bond acceptors (Lipinski definition) is 3. The van der Waals surface area contributed by atoms with Crippen LogP contribution in [-0.2, 0) is 6.54 Å². The number of aryl methyl sites for hydroxylation is 2. The molecule has 6 heteroatoms. The minimum atomic E-state index is -0.343. The molecule has 2 rings (SSSR count). The van der Waals surface area contributed by atoms with Gasteiger partial charge in [0.05, 0.1) is 5.69 Å². The van der Waals surface area contributed by atoms with Gasteiger partial charge in [-0.05, 0) is 53.0 Å². The molecule has 0 aliphatic carbocycles. The van der Waals surface area contributed by atoms with Crippen molar-refractivity contribution in [2.75, 3.05) is 5.32 Å². The van der Waals surface area contributed by atoms with E-state index in [4.69, 9.17) is 0 Å². The first-order valence-corrected chi connectivity index (χ1v) is 7.46. The number of rotatable bonds is 4. The molecular weight excluding hydrogens is 334 g/mol. The van der Waals surface area contributed by atoms with Crippen LogP contribution in [0.1, 0.15) is 29.4 Å². The molecule has 0 bridgehead atoms. The fourth-order valence-corrected chi connectivity index (χ4v) is 2.44. The van der Waals surface area contributed by atoms with E-state index < -0.39 is 0 Å². The predicted octanol–water partition coefficient (Wildman–Crippen LogP) is 2.98. The molecule has 0 atom stereocenters. The van der Waals surface area contributed by atoms with Crippen LogP contribution in [0.5, 0.6) is 0 Å². The van der Waals surface area contributed by atoms with E-state index in [1.807, 2.05) is 32.0 Å². The van der Waals surface area contributed by atoms with Crippen LogP contribution in [0.3, 0.4) is 0 Å². The first kappa shape index (κ1) is 15.4. The number of halogens is 1. The molecule has 0 spiro atoms. The van der Waals surface area contributed by atoms with Crippen LogP contribution in [0, 0.1) is 6.92 Å². The number of hydrogen-bond donors (Lipinski definition) is 1. The van der Waals surface area contributed by atoms with Crippen LogP contribution in [0.15, 0.2) is 39.6 Å². The molecule has 0 fully saturated rings. The lowest BCUT2D eigenvalue weighted by Crippen LogP contribution is -2.26. The Balaban J connectivity index is 2.24. The molecule has 0 unspecified atom stereocenters. The standard InChI is InChI=1S/C15H16BrN3O2/c1-3-8-19-14(20)7-6-13(18-19)15(21)17-12-5-4-10(2)9-11(12)16/h4-7,9H,3,8H2,1-2H3,(H,17,21). The Hall–Kier alpha value is -1.95. The molecule has 5 nitrogen and oxygen atoms in total. The molecule has 0 saturated carbocycles. The minimum absolute atomic E-state index is 0.204. The second-order valence-electron chi connectivity index (χ2n) is 4.72. The summed E-state index contributed by atoms with van der Waals surface area (Å²) in [6, 6.07) is 8.44. The first-order chi connectivity index (χ1) is 10.0. The number of amides is 1. The van der Waals surface area contributed by atoms with Crippen LogP contribution in [0.4, 0.5) is 5.69 Å². The van der Waals surface area contributed by atoms with Crippen molar-refractivity contribution in [1.82, 2.24) is 9.78 Å². The fourth-order valence-electron chi connectivity index (χ4n) is 1.85. The Kier molecular flexibility index (Phi) is 4.90. The zero-order valence-corrected chi connectivity index (χ0v) is 13.5. The monoisotopic (exact) mass is 349 g/mol. The van der Waals surface area contributed by atoms with Crippen LogP contribution in [0.2, 0.25) is 0 Å². The van der Waals surface area contributed by atoms with Crippen LogP contribution in [0.25, 0.3) is 0 Å². The SMILES string of the molecule is CCCn1nc(C(=O)Nc2ccc(C)cc2Br)ccc1=O. The van der Waals surface area contributed by atoms with Crippen molar-refractivity contribution in [1.29, 1.82) is 0 Å². The van der Waals surface area contributed by atoms with Gasteiger partial charge in [-0.1, -0.05) is 13.0 Å². The summed E-state index contributed by atoms with van der Waals surface area (Å²) in [5.41, 5.74) is 1.77. The quantitative estimate of drug-likeness (QED) is 0.922. The number of aromatic nitrogens is 2. The summed E-state index contributed by atoms with van der Waals surface area (Å²) >= 11 is 3.41. The maximum absolute atomic E-state index is 12.2. The van der Waals surface area contributed by atoms with E-state index in [9.17, 15) is 9.59 Å². The second kappa shape index (κ2) is 6.67. The molecule has 0 radical (unpaired) electrons. The summed E-state index contributed by atoms with van der Waals surface area (Å²) in [5.74, 6) is -0.343. The highest BCUT2D eigenvalue weighted by atomic mass is 79.9. The zero-order chi connectivity index (χ0) is 15.4. The molecule has 1 aromatic heterocycles. The van der Waals surface area contributed by atoms with Crippen LogP contribution >= 0.6 is 15.9 Å². The van der Waals surface area contributed by atoms with Crippen molar-refractivity contribution in [2.45, 2.75) is 26.8 Å². The molecule has 0 aliphatic heterocycles. The fraction of sp³-hybridized carbons (Fsp3) is 0.267. The summed E-state index contributed by atoms with van der Waals surface area (Å²) in [7, 11) is 0. The molecule has 1 amide bonds. The van der Waals surface area contributed by atoms with Gasteiger partial charge < -0.3 is 5.32 Å². The Morgan fingerprint density at radius 2 is 2.10 bits per heavy atom. The zero-order valence-electron chi connectivity index (χ0n) is 11.9. The van der Waals surface area contributed by atoms with Crippen LogP contribution in [-0.4, -0.2) is 15.7 Å². The number of nitrogens with zero attached hydrogens (tertiary/aromatic N) is 2. The third kappa shape index (κ3) is 3.78. The molecule has 21 heavy (non-hydrogen) atoms. The van der Waals surface area contributed by atoms with Gasteiger partial charge in [-0.25, -0.2) is 4.68 Å². The molecule has 110 valence electrons. The van der Waals surface area contributed by atoms with E-state index in [0.717, 1.165) is 16.5 Å². The van der Waals surface area contributed by atoms with Crippen molar-refractivity contribution in [3.63, 3.8) is 0 Å². The molecule has 1 heterocycles. The number of nitrogens with one attached hydrogen (secondary N) is 1. The number of carbonyl (C=O) groups excluding carboxylic acids is 1. The van der Waals surface area contributed by atoms with Crippen molar-refractivity contribution < 1.29 is 4.79 Å². The van der Waals surface area contributed by atoms with Gasteiger partial charge in [-0.3, -0.25) is 9.59 Å². The average Bonchev–Trinajstić information content (AvgIpc) is 2.44. The molecule has 0 saturated heterocycles. The van der Waals surface area contributed by atoms with E-state index in [1.165, 1.54) is 16.8 Å². The van der Waals surface area contributed by atoms with Gasteiger partial charge in [0.1, 0.15) is 5.69 Å². The van der Waals surface area contributed by atoms with Gasteiger partial charge >= 0.3 is 0 Å². The average molecular weight is 350 g/mol. The molecule has 2 aromatic rings. The van der Waals surface area contributed by atoms with Gasteiger partial charge in [0, 0.05) is 17.1 Å². The normalized spacial score (nSPS) is 10.4. The maximum atomic E-state index is 12.2. The van der Waals surface area contributed by atoms with Gasteiger partial charge in [-0.15, -0.1) is 0 Å². The predicted molar refractivity (Wildman–Crippen MR) is 85.6 cm³/mol. The highest BCUT2D eigenvalue weighted by Gasteiger charge is 2.11. The van der Waals surface area contributed by atoms with Crippen molar-refractivity contribution in [2.24, 2.45) is 0 Å². The summed E-state index contributed by atoms with van der Waals surface area (Å²) in [6.45, 7) is 4.41. The minimum Gasteiger partial charge on any atom is -0.320 e. The summed E-state index contributed by atoms with van der Waals surface area (Å²) in [6.07, 6.45) is 0.779. The highest BCUT2D eigenvalue weighted by Crippen LogP contribution is 2.23.